The number of hydrogen-bond donors (Lipinski definition) is 3. The molecule has 0 aliphatic heterocycles. The van der Waals surface area contributed by atoms with E-state index in [4.69, 9.17) is 0 Å². The number of nitrogens with one attached hydrogen (secondary N) is 2. The minimum Gasteiger partial charge on any atom is -0.393 e. The molecule has 7 heteroatoms. The molecule has 6 rings (SSSR count). The number of hydrogen-bond acceptors (Lipinski definition) is 5. The molecule has 9 atom stereocenters. The number of sulfonamides is 1. The minimum atomic E-state index is -3.79. The van der Waals surface area contributed by atoms with Crippen LogP contribution in [0.5, 0.6) is 0 Å². The summed E-state index contributed by atoms with van der Waals surface area (Å²) in [4.78, 5) is 5.01. The Labute approximate surface area is 272 Å². The van der Waals surface area contributed by atoms with Crippen LogP contribution in [0.3, 0.4) is 0 Å². The fourth-order valence-corrected chi connectivity index (χ4v) is 11.7. The molecule has 4 saturated carbocycles. The van der Waals surface area contributed by atoms with E-state index in [9.17, 15) is 13.5 Å². The zero-order valence-corrected chi connectivity index (χ0v) is 29.5. The fraction of sp³-hybridized carbons (Fsp3) is 0.684. The summed E-state index contributed by atoms with van der Waals surface area (Å²) in [6.07, 6.45) is 12.1. The van der Waals surface area contributed by atoms with Crippen LogP contribution in [-0.2, 0) is 10.0 Å². The Hall–Kier alpha value is -2.09. The van der Waals surface area contributed by atoms with Gasteiger partial charge in [0.2, 0.25) is 0 Å². The Morgan fingerprint density at radius 3 is 2.44 bits per heavy atom. The van der Waals surface area contributed by atoms with Crippen molar-refractivity contribution in [2.24, 2.45) is 52.3 Å². The summed E-state index contributed by atoms with van der Waals surface area (Å²) in [5.74, 6) is 4.14. The topological polar surface area (TPSA) is 81.7 Å². The number of fused-ring (bicyclic) bond motifs is 6. The van der Waals surface area contributed by atoms with Crippen molar-refractivity contribution in [1.82, 2.24) is 10.3 Å². The molecular weight excluding hydrogens is 579 g/mol. The molecule has 4 aliphatic carbocycles. The van der Waals surface area contributed by atoms with E-state index in [-0.39, 0.29) is 22.3 Å². The third kappa shape index (κ3) is 5.73. The lowest BCUT2D eigenvalue weighted by atomic mass is 9.53. The van der Waals surface area contributed by atoms with Gasteiger partial charge in [-0.2, -0.15) is 0 Å². The second kappa shape index (κ2) is 12.2. The average molecular weight is 636 g/mol. The third-order valence-electron chi connectivity index (χ3n) is 13.2. The number of aliphatic hydroxyl groups excluding tert-OH is 1. The molecule has 2 aromatic rings. The maximum absolute atomic E-state index is 13.6. The highest BCUT2D eigenvalue weighted by Gasteiger charge is 2.64. The highest BCUT2D eigenvalue weighted by molar-refractivity contribution is 7.89. The highest BCUT2D eigenvalue weighted by Crippen LogP contribution is 2.71. The van der Waals surface area contributed by atoms with Crippen molar-refractivity contribution in [2.45, 2.75) is 103 Å². The molecule has 2 aromatic carbocycles. The van der Waals surface area contributed by atoms with Crippen molar-refractivity contribution in [1.29, 1.82) is 0 Å². The fourth-order valence-electron chi connectivity index (χ4n) is 10.9. The summed E-state index contributed by atoms with van der Waals surface area (Å²) < 4.78 is 27.1. The van der Waals surface area contributed by atoms with Gasteiger partial charge in [-0.15, -0.1) is 4.83 Å². The first kappa shape index (κ1) is 32.8. The van der Waals surface area contributed by atoms with Gasteiger partial charge in [0.1, 0.15) is 0 Å². The van der Waals surface area contributed by atoms with E-state index in [2.05, 4.69) is 44.9 Å². The monoisotopic (exact) mass is 635 g/mol. The maximum Gasteiger partial charge on any atom is 0.257 e. The molecule has 4 unspecified atom stereocenters. The molecule has 4 fully saturated rings. The number of nitrogens with zero attached hydrogens (tertiary/aromatic N) is 1. The van der Waals surface area contributed by atoms with Crippen LogP contribution in [0.4, 0.5) is 5.69 Å². The largest absolute Gasteiger partial charge is 0.393 e. The predicted molar refractivity (Wildman–Crippen MR) is 185 cm³/mol. The zero-order chi connectivity index (χ0) is 32.3. The molecule has 248 valence electrons. The van der Waals surface area contributed by atoms with E-state index in [0.29, 0.717) is 23.2 Å². The number of allylic oxidation sites excluding steroid dienone is 1. The van der Waals surface area contributed by atoms with E-state index >= 15 is 0 Å². The quantitative estimate of drug-likeness (QED) is 0.244. The predicted octanol–water partition coefficient (Wildman–Crippen LogP) is 7.88. The summed E-state index contributed by atoms with van der Waals surface area (Å²) >= 11 is 0. The molecule has 45 heavy (non-hydrogen) atoms. The van der Waals surface area contributed by atoms with Gasteiger partial charge in [-0.3, -0.25) is 0 Å². The number of hydrazine groups is 1. The number of benzene rings is 2. The van der Waals surface area contributed by atoms with Crippen LogP contribution in [0, 0.1) is 52.3 Å². The molecule has 0 radical (unpaired) electrons. The molecule has 0 aromatic heterocycles. The van der Waals surface area contributed by atoms with Crippen LogP contribution in [0.25, 0.3) is 10.8 Å². The van der Waals surface area contributed by atoms with E-state index < -0.39 is 10.0 Å². The van der Waals surface area contributed by atoms with Gasteiger partial charge in [-0.25, -0.2) is 8.42 Å². The van der Waals surface area contributed by atoms with Crippen LogP contribution < -0.4 is 15.2 Å². The minimum absolute atomic E-state index is 0.154. The van der Waals surface area contributed by atoms with E-state index in [1.165, 1.54) is 44.1 Å². The Morgan fingerprint density at radius 1 is 0.978 bits per heavy atom. The van der Waals surface area contributed by atoms with Crippen LogP contribution >= 0.6 is 0 Å². The average Bonchev–Trinajstić information content (AvgIpc) is 3.46. The number of aliphatic hydroxyl groups is 1. The van der Waals surface area contributed by atoms with Crippen molar-refractivity contribution >= 4 is 26.5 Å². The SMILES string of the molecule is CC(C)CC[C@@H](C)[C@H]1CCC2C3C(=CNNS(=O)(=O)c4ccc5c(N(C)C)cccc5c4)C4C[C@@H](O)CC[C@]4(C)C3CC[C@@]21C. The zero-order valence-electron chi connectivity index (χ0n) is 28.6. The van der Waals surface area contributed by atoms with Crippen LogP contribution in [0.1, 0.15) is 92.4 Å². The molecule has 6 nitrogen and oxygen atoms in total. The summed E-state index contributed by atoms with van der Waals surface area (Å²) in [6.45, 7) is 12.2. The van der Waals surface area contributed by atoms with E-state index in [1.807, 2.05) is 49.5 Å². The Kier molecular flexibility index (Phi) is 8.88. The van der Waals surface area contributed by atoms with Crippen molar-refractivity contribution in [3.05, 3.63) is 48.2 Å². The molecule has 4 aliphatic rings. The summed E-state index contributed by atoms with van der Waals surface area (Å²) in [5, 5.41) is 12.8. The van der Waals surface area contributed by atoms with Crippen molar-refractivity contribution in [3.63, 3.8) is 0 Å². The van der Waals surface area contributed by atoms with E-state index in [0.717, 1.165) is 53.5 Å². The van der Waals surface area contributed by atoms with Gasteiger partial charge in [0.25, 0.3) is 10.0 Å². The molecular formula is C38H57N3O3S. The van der Waals surface area contributed by atoms with Crippen molar-refractivity contribution < 1.29 is 13.5 Å². The lowest BCUT2D eigenvalue weighted by Gasteiger charge is -2.51. The highest BCUT2D eigenvalue weighted by atomic mass is 32.2. The first-order valence-corrected chi connectivity index (χ1v) is 19.1. The van der Waals surface area contributed by atoms with Gasteiger partial charge in [0.05, 0.1) is 11.0 Å². The number of anilines is 1. The second-order valence-electron chi connectivity index (χ2n) is 16.4. The van der Waals surface area contributed by atoms with Gasteiger partial charge in [-0.05, 0) is 126 Å². The lowest BCUT2D eigenvalue weighted by Crippen LogP contribution is -2.45. The van der Waals surface area contributed by atoms with Gasteiger partial charge < -0.3 is 15.4 Å². The maximum atomic E-state index is 13.6. The van der Waals surface area contributed by atoms with Crippen molar-refractivity contribution in [3.8, 4) is 0 Å². The van der Waals surface area contributed by atoms with E-state index in [1.54, 1.807) is 12.1 Å². The van der Waals surface area contributed by atoms with Crippen LogP contribution in [0.2, 0.25) is 0 Å². The molecule has 0 spiro atoms. The molecule has 3 N–H and O–H groups in total. The van der Waals surface area contributed by atoms with Gasteiger partial charge >= 0.3 is 0 Å². The Bertz CT molecular complexity index is 1540. The standard InChI is InChI=1S/C38H57N3O3S/c1-24(2)11-12-25(3)31-15-16-32-36-30(34-22-27(42)17-19-38(34,5)33(36)18-20-37(31,32)4)23-39-40-45(43,44)28-13-14-29-26(21-28)9-8-10-35(29)41(6)7/h8-10,13-14,21,23-25,27,31-34,36,39-40,42H,11-12,15-20,22H2,1-7H3/t25-,27+,31-,32?,33?,34?,36?,37-,38-/m1/s1. The molecule has 0 bridgehead atoms. The number of rotatable bonds is 9. The molecule has 0 amide bonds. The first-order chi connectivity index (χ1) is 21.3. The first-order valence-electron chi connectivity index (χ1n) is 17.6. The summed E-state index contributed by atoms with van der Waals surface area (Å²) in [6, 6.07) is 11.3. The second-order valence-corrected chi connectivity index (χ2v) is 18.0. The Morgan fingerprint density at radius 2 is 1.71 bits per heavy atom. The van der Waals surface area contributed by atoms with Crippen LogP contribution in [0.15, 0.2) is 53.1 Å². The van der Waals surface area contributed by atoms with Gasteiger partial charge in [0.15, 0.2) is 0 Å². The smallest absolute Gasteiger partial charge is 0.257 e. The molecule has 0 heterocycles. The normalized spacial score (nSPS) is 36.2. The van der Waals surface area contributed by atoms with Crippen LogP contribution in [-0.4, -0.2) is 33.7 Å². The van der Waals surface area contributed by atoms with Gasteiger partial charge in [-0.1, -0.05) is 65.7 Å². The Balaban J connectivity index is 1.28. The third-order valence-corrected chi connectivity index (χ3v) is 14.5. The summed E-state index contributed by atoms with van der Waals surface area (Å²) in [7, 11) is 0.200. The molecule has 0 saturated heterocycles. The summed E-state index contributed by atoms with van der Waals surface area (Å²) in [5.41, 5.74) is 5.99. The lowest BCUT2D eigenvalue weighted by molar-refractivity contribution is -0.0358. The van der Waals surface area contributed by atoms with Gasteiger partial charge in [0, 0.05) is 31.4 Å². The van der Waals surface area contributed by atoms with Crippen molar-refractivity contribution in [2.75, 3.05) is 19.0 Å².